The predicted molar refractivity (Wildman–Crippen MR) is 112 cm³/mol. The Morgan fingerprint density at radius 1 is 0.692 bits per heavy atom. The summed E-state index contributed by atoms with van der Waals surface area (Å²) in [4.78, 5) is 2.53. The Balaban J connectivity index is 0. The van der Waals surface area contributed by atoms with Gasteiger partial charge in [0.25, 0.3) is 10.1 Å². The van der Waals surface area contributed by atoms with Gasteiger partial charge in [0.1, 0.15) is 0 Å². The molecule has 0 saturated carbocycles. The number of hydrogen-bond donors (Lipinski definition) is 2. The summed E-state index contributed by atoms with van der Waals surface area (Å²) in [7, 11) is -3.81. The van der Waals surface area contributed by atoms with Crippen LogP contribution in [0.15, 0.2) is 0 Å². The number of nitrogens with zero attached hydrogens (tertiary/aromatic N) is 1. The maximum Gasteiger partial charge on any atom is 0.264 e. The normalized spacial score (nSPS) is 11.5. The molecule has 0 aromatic rings. The van der Waals surface area contributed by atoms with E-state index in [9.17, 15) is 8.42 Å². The minimum Gasteiger partial charge on any atom is -0.396 e. The van der Waals surface area contributed by atoms with Crippen LogP contribution in [0.3, 0.4) is 0 Å². The van der Waals surface area contributed by atoms with Crippen molar-refractivity contribution in [1.29, 1.82) is 0 Å². The van der Waals surface area contributed by atoms with Crippen molar-refractivity contribution in [2.45, 2.75) is 97.8 Å². The highest BCUT2D eigenvalue weighted by Gasteiger charge is 2.01. The molecule has 0 saturated heterocycles. The van der Waals surface area contributed by atoms with Gasteiger partial charge in [0.2, 0.25) is 0 Å². The Morgan fingerprint density at radius 2 is 1.15 bits per heavy atom. The third-order valence-electron chi connectivity index (χ3n) is 4.53. The molecule has 0 bridgehead atoms. The molecule has 6 heteroatoms. The molecule has 0 heterocycles. The first-order valence-electron chi connectivity index (χ1n) is 10.7. The molecule has 0 aliphatic heterocycles. The monoisotopic (exact) mass is 395 g/mol. The third kappa shape index (κ3) is 26.1. The van der Waals surface area contributed by atoms with E-state index in [2.05, 4.69) is 25.7 Å². The average Bonchev–Trinajstić information content (AvgIpc) is 2.60. The number of aliphatic hydroxyl groups excluding tert-OH is 1. The van der Waals surface area contributed by atoms with Gasteiger partial charge in [-0.1, -0.05) is 78.6 Å². The maximum atomic E-state index is 9.98. The van der Waals surface area contributed by atoms with Gasteiger partial charge in [-0.3, -0.25) is 4.55 Å². The summed E-state index contributed by atoms with van der Waals surface area (Å²) in [6.45, 7) is 10.5. The summed E-state index contributed by atoms with van der Waals surface area (Å²) in [5, 5.41) is 8.19. The second-order valence-electron chi connectivity index (χ2n) is 6.93. The van der Waals surface area contributed by atoms with Crippen molar-refractivity contribution in [3.05, 3.63) is 0 Å². The Morgan fingerprint density at radius 3 is 1.54 bits per heavy atom. The molecule has 5 nitrogen and oxygen atoms in total. The van der Waals surface area contributed by atoms with Gasteiger partial charge < -0.3 is 10.0 Å². The van der Waals surface area contributed by atoms with E-state index in [0.29, 0.717) is 12.8 Å². The van der Waals surface area contributed by atoms with E-state index in [0.717, 1.165) is 0 Å². The summed E-state index contributed by atoms with van der Waals surface area (Å²) < 4.78 is 28.1. The lowest BCUT2D eigenvalue weighted by molar-refractivity contribution is 0.287. The molecule has 0 rings (SSSR count). The van der Waals surface area contributed by atoms with Crippen LogP contribution in [0.4, 0.5) is 0 Å². The van der Waals surface area contributed by atoms with Crippen LogP contribution in [0.2, 0.25) is 0 Å². The Labute approximate surface area is 163 Å². The fraction of sp³-hybridized carbons (Fsp3) is 1.00. The predicted octanol–water partition coefficient (Wildman–Crippen LogP) is 4.90. The topological polar surface area (TPSA) is 77.8 Å². The first kappa shape index (κ1) is 28.0. The van der Waals surface area contributed by atoms with Gasteiger partial charge in [0.05, 0.1) is 5.75 Å². The molecular formula is C20H45NO4S. The van der Waals surface area contributed by atoms with E-state index in [1.807, 2.05) is 0 Å². The quantitative estimate of drug-likeness (QED) is 0.271. The minimum absolute atomic E-state index is 0.0322. The first-order chi connectivity index (χ1) is 12.4. The summed E-state index contributed by atoms with van der Waals surface area (Å²) in [5.74, 6) is -0.256. The van der Waals surface area contributed by atoms with Gasteiger partial charge in [-0.15, -0.1) is 0 Å². The molecular weight excluding hydrogens is 350 g/mol. The maximum absolute atomic E-state index is 9.98. The molecule has 0 aliphatic rings. The van der Waals surface area contributed by atoms with Gasteiger partial charge in [-0.2, -0.15) is 8.42 Å². The number of rotatable bonds is 17. The fourth-order valence-corrected chi connectivity index (χ4v) is 3.33. The van der Waals surface area contributed by atoms with Crippen molar-refractivity contribution in [2.75, 3.05) is 32.0 Å². The lowest BCUT2D eigenvalue weighted by Gasteiger charge is -2.17. The van der Waals surface area contributed by atoms with Crippen molar-refractivity contribution < 1.29 is 18.1 Å². The lowest BCUT2D eigenvalue weighted by Crippen LogP contribution is -2.23. The summed E-state index contributed by atoms with van der Waals surface area (Å²) in [6.07, 6.45) is 15.1. The zero-order chi connectivity index (χ0) is 20.1. The van der Waals surface area contributed by atoms with Crippen molar-refractivity contribution in [3.63, 3.8) is 0 Å². The van der Waals surface area contributed by atoms with Crippen LogP contribution >= 0.6 is 0 Å². The zero-order valence-corrected chi connectivity index (χ0v) is 18.4. The molecule has 160 valence electrons. The lowest BCUT2D eigenvalue weighted by atomic mass is 10.1. The van der Waals surface area contributed by atoms with Gasteiger partial charge in [-0.05, 0) is 38.9 Å². The molecule has 0 amide bonds. The van der Waals surface area contributed by atoms with Crippen molar-refractivity contribution in [2.24, 2.45) is 0 Å². The minimum atomic E-state index is -3.81. The molecule has 0 aromatic carbocycles. The number of unbranched alkanes of at least 4 members (excludes halogenated alkanes) is 10. The molecule has 0 radical (unpaired) electrons. The summed E-state index contributed by atoms with van der Waals surface area (Å²) >= 11 is 0. The highest BCUT2D eigenvalue weighted by atomic mass is 32.2. The highest BCUT2D eigenvalue weighted by Crippen LogP contribution is 2.10. The molecule has 0 unspecified atom stereocenters. The van der Waals surface area contributed by atoms with Gasteiger partial charge in [0, 0.05) is 6.61 Å². The second-order valence-corrected chi connectivity index (χ2v) is 8.50. The van der Waals surface area contributed by atoms with E-state index in [1.54, 1.807) is 0 Å². The molecule has 0 aromatic heterocycles. The van der Waals surface area contributed by atoms with Crippen LogP contribution < -0.4 is 0 Å². The van der Waals surface area contributed by atoms with Gasteiger partial charge in [-0.25, -0.2) is 0 Å². The van der Waals surface area contributed by atoms with Crippen molar-refractivity contribution in [3.8, 4) is 0 Å². The van der Waals surface area contributed by atoms with Crippen LogP contribution in [-0.2, 0) is 10.1 Å². The zero-order valence-electron chi connectivity index (χ0n) is 17.6. The standard InChI is InChI=1S/C16H35N.C4H10O4S/c1-4-7-8-9-10-11-12-13-14-15-16-17(5-2)6-3;5-3-1-2-4-9(6,7)8/h4-16H2,1-3H3;5H,1-4H2,(H,6,7,8). The van der Waals surface area contributed by atoms with Crippen LogP contribution in [0.5, 0.6) is 0 Å². The number of hydrogen-bond acceptors (Lipinski definition) is 4. The van der Waals surface area contributed by atoms with E-state index in [-0.39, 0.29) is 12.4 Å². The summed E-state index contributed by atoms with van der Waals surface area (Å²) in [6, 6.07) is 0. The van der Waals surface area contributed by atoms with E-state index in [4.69, 9.17) is 9.66 Å². The van der Waals surface area contributed by atoms with Gasteiger partial charge >= 0.3 is 0 Å². The van der Waals surface area contributed by atoms with Gasteiger partial charge in [0.15, 0.2) is 0 Å². The van der Waals surface area contributed by atoms with Crippen LogP contribution in [0, 0.1) is 0 Å². The Hall–Kier alpha value is -0.170. The van der Waals surface area contributed by atoms with E-state index in [1.165, 1.54) is 83.8 Å². The number of aliphatic hydroxyl groups is 1. The SMILES string of the molecule is CCCCCCCCCCCCN(CC)CC.O=S(=O)(O)CCCCO. The highest BCUT2D eigenvalue weighted by molar-refractivity contribution is 7.85. The van der Waals surface area contributed by atoms with Crippen molar-refractivity contribution in [1.82, 2.24) is 4.90 Å². The molecule has 2 N–H and O–H groups in total. The molecule has 26 heavy (non-hydrogen) atoms. The van der Waals surface area contributed by atoms with Crippen LogP contribution in [-0.4, -0.2) is 55.0 Å². The Kier molecular flexibility index (Phi) is 22.8. The van der Waals surface area contributed by atoms with Crippen LogP contribution in [0.25, 0.3) is 0 Å². The smallest absolute Gasteiger partial charge is 0.264 e. The summed E-state index contributed by atoms with van der Waals surface area (Å²) in [5.41, 5.74) is 0. The first-order valence-corrected chi connectivity index (χ1v) is 12.3. The molecule has 0 spiro atoms. The second kappa shape index (κ2) is 21.1. The molecule has 0 atom stereocenters. The fourth-order valence-electron chi connectivity index (χ4n) is 2.76. The Bertz CT molecular complexity index is 357. The van der Waals surface area contributed by atoms with E-state index >= 15 is 0 Å². The average molecular weight is 396 g/mol. The van der Waals surface area contributed by atoms with Crippen LogP contribution in [0.1, 0.15) is 97.8 Å². The molecule has 0 aliphatic carbocycles. The largest absolute Gasteiger partial charge is 0.396 e. The van der Waals surface area contributed by atoms with Crippen molar-refractivity contribution >= 4 is 10.1 Å². The molecule has 0 fully saturated rings. The van der Waals surface area contributed by atoms with E-state index < -0.39 is 10.1 Å². The third-order valence-corrected chi connectivity index (χ3v) is 5.34.